The minimum Gasteiger partial charge on any atom is -0.487 e. The molecule has 0 spiro atoms. The van der Waals surface area contributed by atoms with Gasteiger partial charge >= 0.3 is 0 Å². The molecule has 2 aromatic carbocycles. The van der Waals surface area contributed by atoms with Crippen LogP contribution in [-0.4, -0.2) is 19.9 Å². The first-order chi connectivity index (χ1) is 13.3. The summed E-state index contributed by atoms with van der Waals surface area (Å²) in [6, 6.07) is 13.3. The van der Waals surface area contributed by atoms with Gasteiger partial charge in [-0.3, -0.25) is 4.79 Å². The zero-order valence-electron chi connectivity index (χ0n) is 16.4. The maximum atomic E-state index is 13.0. The van der Waals surface area contributed by atoms with Crippen LogP contribution in [0.3, 0.4) is 0 Å². The molecule has 6 nitrogen and oxygen atoms in total. The highest BCUT2D eigenvalue weighted by molar-refractivity contribution is 7.89. The van der Waals surface area contributed by atoms with Gasteiger partial charge in [-0.15, -0.1) is 0 Å². The van der Waals surface area contributed by atoms with E-state index in [2.05, 4.69) is 23.9 Å². The molecule has 1 atom stereocenters. The Morgan fingerprint density at radius 1 is 1.11 bits per heavy atom. The van der Waals surface area contributed by atoms with Crippen LogP contribution in [0, 0.1) is 0 Å². The lowest BCUT2D eigenvalue weighted by Gasteiger charge is -2.41. The van der Waals surface area contributed by atoms with Gasteiger partial charge in [0.05, 0.1) is 10.9 Å². The predicted molar refractivity (Wildman–Crippen MR) is 109 cm³/mol. The van der Waals surface area contributed by atoms with E-state index in [0.29, 0.717) is 12.1 Å². The van der Waals surface area contributed by atoms with Crippen LogP contribution in [0.25, 0.3) is 0 Å². The second-order valence-corrected chi connectivity index (χ2v) is 8.83. The summed E-state index contributed by atoms with van der Waals surface area (Å²) in [6.45, 7) is 5.52. The molecule has 0 radical (unpaired) electrons. The van der Waals surface area contributed by atoms with Crippen molar-refractivity contribution >= 4 is 21.6 Å². The predicted octanol–water partition coefficient (Wildman–Crippen LogP) is 4.01. The number of anilines is 1. The topological polar surface area (TPSA) is 84.5 Å². The Morgan fingerprint density at radius 2 is 1.75 bits per heavy atom. The highest BCUT2D eigenvalue weighted by Crippen LogP contribution is 2.43. The summed E-state index contributed by atoms with van der Waals surface area (Å²) in [5, 5.41) is 2.63. The van der Waals surface area contributed by atoms with Crippen LogP contribution >= 0.6 is 0 Å². The van der Waals surface area contributed by atoms with Gasteiger partial charge in [0.15, 0.2) is 0 Å². The largest absolute Gasteiger partial charge is 0.487 e. The highest BCUT2D eigenvalue weighted by Gasteiger charge is 2.39. The van der Waals surface area contributed by atoms with E-state index >= 15 is 0 Å². The number of ether oxygens (including phenoxy) is 1. The van der Waals surface area contributed by atoms with Crippen molar-refractivity contribution in [1.82, 2.24) is 4.72 Å². The smallest absolute Gasteiger partial charge is 0.241 e. The van der Waals surface area contributed by atoms with E-state index in [1.807, 2.05) is 24.3 Å². The molecular formula is C21H26N2O4S. The number of hydrogen-bond acceptors (Lipinski definition) is 4. The second-order valence-electron chi connectivity index (χ2n) is 7.11. The number of carbonyl (C=O) groups is 1. The molecule has 0 aromatic heterocycles. The molecule has 0 fully saturated rings. The molecule has 28 heavy (non-hydrogen) atoms. The van der Waals surface area contributed by atoms with Crippen molar-refractivity contribution in [3.63, 3.8) is 0 Å². The van der Waals surface area contributed by atoms with E-state index < -0.39 is 15.6 Å². The van der Waals surface area contributed by atoms with Gasteiger partial charge in [0.25, 0.3) is 0 Å². The van der Waals surface area contributed by atoms with E-state index in [9.17, 15) is 13.2 Å². The zero-order chi connectivity index (χ0) is 20.4. The molecule has 7 heteroatoms. The Morgan fingerprint density at radius 3 is 2.36 bits per heavy atom. The quantitative estimate of drug-likeness (QED) is 0.765. The van der Waals surface area contributed by atoms with Crippen LogP contribution < -0.4 is 14.8 Å². The number of rotatable bonds is 6. The number of para-hydroxylation sites is 1. The molecule has 2 aromatic rings. The van der Waals surface area contributed by atoms with Crippen LogP contribution in [-0.2, 0) is 14.8 Å². The average Bonchev–Trinajstić information content (AvgIpc) is 2.67. The molecular weight excluding hydrogens is 376 g/mol. The molecule has 0 bridgehead atoms. The lowest BCUT2D eigenvalue weighted by molar-refractivity contribution is -0.114. The third-order valence-electron chi connectivity index (χ3n) is 5.27. The molecule has 1 aliphatic heterocycles. The SMILES string of the molecule is CCC1(CC)C[C@@H](NS(=O)(=O)c2ccc(NC(C)=O)cc2)c2ccccc2O1. The van der Waals surface area contributed by atoms with Gasteiger partial charge in [0, 0.05) is 24.6 Å². The molecule has 0 unspecified atom stereocenters. The Hall–Kier alpha value is -2.38. The van der Waals surface area contributed by atoms with Crippen molar-refractivity contribution in [2.24, 2.45) is 0 Å². The summed E-state index contributed by atoms with van der Waals surface area (Å²) in [6.07, 6.45) is 2.16. The summed E-state index contributed by atoms with van der Waals surface area (Å²) in [5.41, 5.74) is 1.01. The molecule has 1 aliphatic rings. The Kier molecular flexibility index (Phi) is 5.76. The van der Waals surface area contributed by atoms with Crippen LogP contribution in [0.1, 0.15) is 51.6 Å². The van der Waals surface area contributed by atoms with Gasteiger partial charge < -0.3 is 10.1 Å². The van der Waals surface area contributed by atoms with Gasteiger partial charge in [-0.2, -0.15) is 0 Å². The molecule has 1 heterocycles. The molecule has 0 saturated carbocycles. The fourth-order valence-electron chi connectivity index (χ4n) is 3.58. The first-order valence-electron chi connectivity index (χ1n) is 9.46. The fraction of sp³-hybridized carbons (Fsp3) is 0.381. The summed E-state index contributed by atoms with van der Waals surface area (Å²) in [5.74, 6) is 0.522. The van der Waals surface area contributed by atoms with E-state index in [0.717, 1.165) is 24.2 Å². The van der Waals surface area contributed by atoms with Crippen molar-refractivity contribution in [2.45, 2.75) is 56.6 Å². The van der Waals surface area contributed by atoms with Crippen LogP contribution in [0.2, 0.25) is 0 Å². The lowest BCUT2D eigenvalue weighted by atomic mass is 9.84. The van der Waals surface area contributed by atoms with E-state index in [1.54, 1.807) is 12.1 Å². The van der Waals surface area contributed by atoms with Crippen LogP contribution in [0.15, 0.2) is 53.4 Å². The molecule has 3 rings (SSSR count). The van der Waals surface area contributed by atoms with Gasteiger partial charge in [-0.25, -0.2) is 13.1 Å². The van der Waals surface area contributed by atoms with E-state index in [-0.39, 0.29) is 16.8 Å². The summed E-state index contributed by atoms with van der Waals surface area (Å²) in [7, 11) is -3.73. The van der Waals surface area contributed by atoms with Crippen molar-refractivity contribution in [3.8, 4) is 5.75 Å². The second kappa shape index (κ2) is 7.93. The standard InChI is InChI=1S/C21H26N2O4S/c1-4-21(5-2)14-19(18-8-6-7-9-20(18)27-21)23-28(25,26)17-12-10-16(11-13-17)22-15(3)24/h6-13,19,23H,4-5,14H2,1-3H3,(H,22,24)/t19-/m1/s1. The summed E-state index contributed by atoms with van der Waals surface area (Å²) in [4.78, 5) is 11.3. The Bertz CT molecular complexity index is 951. The normalized spacial score (nSPS) is 18.0. The maximum absolute atomic E-state index is 13.0. The number of benzene rings is 2. The molecule has 0 aliphatic carbocycles. The third-order valence-corrected chi connectivity index (χ3v) is 6.76. The van der Waals surface area contributed by atoms with Crippen LogP contribution in [0.4, 0.5) is 5.69 Å². The van der Waals surface area contributed by atoms with Crippen LogP contribution in [0.5, 0.6) is 5.75 Å². The Labute approximate surface area is 166 Å². The number of carbonyl (C=O) groups excluding carboxylic acids is 1. The highest BCUT2D eigenvalue weighted by atomic mass is 32.2. The molecule has 150 valence electrons. The van der Waals surface area contributed by atoms with Crippen molar-refractivity contribution in [3.05, 3.63) is 54.1 Å². The third kappa shape index (κ3) is 4.20. The fourth-order valence-corrected chi connectivity index (χ4v) is 4.80. The van der Waals surface area contributed by atoms with Crippen molar-refractivity contribution < 1.29 is 17.9 Å². The number of nitrogens with one attached hydrogen (secondary N) is 2. The molecule has 2 N–H and O–H groups in total. The van der Waals surface area contributed by atoms with Gasteiger partial charge in [0.2, 0.25) is 15.9 Å². The van der Waals surface area contributed by atoms with Crippen molar-refractivity contribution in [2.75, 3.05) is 5.32 Å². The minimum atomic E-state index is -3.73. The van der Waals surface area contributed by atoms with Gasteiger partial charge in [-0.1, -0.05) is 32.0 Å². The minimum absolute atomic E-state index is 0.157. The number of fused-ring (bicyclic) bond motifs is 1. The summed E-state index contributed by atoms with van der Waals surface area (Å²) >= 11 is 0. The molecule has 1 amide bonds. The Balaban J connectivity index is 1.89. The first-order valence-corrected chi connectivity index (χ1v) is 10.9. The average molecular weight is 403 g/mol. The first kappa shape index (κ1) is 20.4. The number of sulfonamides is 1. The number of amides is 1. The molecule has 0 saturated heterocycles. The van der Waals surface area contributed by atoms with Gasteiger partial charge in [-0.05, 0) is 43.2 Å². The monoisotopic (exact) mass is 402 g/mol. The lowest BCUT2D eigenvalue weighted by Crippen LogP contribution is -2.44. The van der Waals surface area contributed by atoms with E-state index in [1.165, 1.54) is 19.1 Å². The number of hydrogen-bond donors (Lipinski definition) is 2. The zero-order valence-corrected chi connectivity index (χ0v) is 17.2. The van der Waals surface area contributed by atoms with Crippen molar-refractivity contribution in [1.29, 1.82) is 0 Å². The van der Waals surface area contributed by atoms with Gasteiger partial charge in [0.1, 0.15) is 11.4 Å². The summed E-state index contributed by atoms with van der Waals surface area (Å²) < 4.78 is 35.1. The maximum Gasteiger partial charge on any atom is 0.241 e. The van der Waals surface area contributed by atoms with E-state index in [4.69, 9.17) is 4.74 Å².